The maximum absolute atomic E-state index is 10.9. The number of pyridine rings is 2. The van der Waals surface area contributed by atoms with E-state index in [2.05, 4.69) is 33.0 Å². The molecule has 1 aromatic carbocycles. The van der Waals surface area contributed by atoms with Crippen molar-refractivity contribution in [3.05, 3.63) is 41.2 Å². The van der Waals surface area contributed by atoms with E-state index in [4.69, 9.17) is 16.6 Å². The van der Waals surface area contributed by atoms with E-state index in [1.165, 1.54) is 19.4 Å². The molecule has 4 aromatic rings. The number of hydrogen-bond acceptors (Lipinski definition) is 6. The minimum atomic E-state index is 0.171. The molecule has 0 bridgehead atoms. The molecule has 5 heterocycles. The Balaban J connectivity index is 1.39. The highest BCUT2D eigenvalue weighted by Crippen LogP contribution is 2.39. The maximum atomic E-state index is 10.9. The first-order chi connectivity index (χ1) is 15.9. The van der Waals surface area contributed by atoms with Crippen molar-refractivity contribution in [3.63, 3.8) is 0 Å². The summed E-state index contributed by atoms with van der Waals surface area (Å²) in [7, 11) is 4.11. The molecule has 0 unspecified atom stereocenters. The number of phenols is 1. The van der Waals surface area contributed by atoms with Crippen molar-refractivity contribution in [2.45, 2.75) is 25.8 Å². The Labute approximate surface area is 197 Å². The summed E-state index contributed by atoms with van der Waals surface area (Å²) in [6.45, 7) is 5.13. The predicted molar refractivity (Wildman–Crippen MR) is 132 cm³/mol. The van der Waals surface area contributed by atoms with E-state index in [1.54, 1.807) is 4.68 Å². The minimum Gasteiger partial charge on any atom is -0.507 e. The Hall–Kier alpha value is -2.90. The lowest BCUT2D eigenvalue weighted by molar-refractivity contribution is 0.158. The molecular weight excluding hydrogens is 436 g/mol. The number of rotatable bonds is 2. The summed E-state index contributed by atoms with van der Waals surface area (Å²) in [4.78, 5) is 14.4. The number of likely N-dealkylation sites (tertiary alicyclic amines) is 1. The number of phenolic OH excluding ortho intramolecular Hbond substituents is 1. The van der Waals surface area contributed by atoms with Gasteiger partial charge in [0.25, 0.3) is 0 Å². The van der Waals surface area contributed by atoms with E-state index in [9.17, 15) is 5.11 Å². The molecule has 2 atom stereocenters. The first-order valence-electron chi connectivity index (χ1n) is 11.5. The number of hydrogen-bond donors (Lipinski definition) is 1. The number of halogens is 1. The third-order valence-corrected chi connectivity index (χ3v) is 7.73. The monoisotopic (exact) mass is 462 g/mol. The average molecular weight is 463 g/mol. The molecule has 8 heteroatoms. The normalized spacial score (nSPS) is 21.3. The fraction of sp³-hybridized carbons (Fsp3) is 0.400. The van der Waals surface area contributed by atoms with Crippen molar-refractivity contribution >= 4 is 39.2 Å². The average Bonchev–Trinajstić information content (AvgIpc) is 3.40. The maximum Gasteiger partial charge on any atom is 0.161 e. The smallest absolute Gasteiger partial charge is 0.161 e. The molecule has 3 aromatic heterocycles. The Morgan fingerprint density at radius 2 is 2.00 bits per heavy atom. The standard InChI is InChI=1S/C25H27ClN6O/c1-14-23-16(11-31(3)29-23)7-19(24(14)33)21-9-20(26)18-8-17(10-27-25(18)28-21)32-12-15-5-4-6-30(2)22(15)13-32/h7-11,15,22,33H,4-6,12-13H2,1-3H3/t15-,22+/m0/s1. The second-order valence-electron chi connectivity index (χ2n) is 9.55. The quantitative estimate of drug-likeness (QED) is 0.476. The third kappa shape index (κ3) is 3.33. The predicted octanol–water partition coefficient (Wildman–Crippen LogP) is 4.38. The van der Waals surface area contributed by atoms with Gasteiger partial charge in [-0.2, -0.15) is 5.10 Å². The van der Waals surface area contributed by atoms with Gasteiger partial charge in [0.2, 0.25) is 0 Å². The topological polar surface area (TPSA) is 70.3 Å². The van der Waals surface area contributed by atoms with E-state index in [-0.39, 0.29) is 5.75 Å². The van der Waals surface area contributed by atoms with Crippen LogP contribution in [-0.2, 0) is 7.05 Å². The van der Waals surface area contributed by atoms with Gasteiger partial charge in [-0.15, -0.1) is 0 Å². The van der Waals surface area contributed by atoms with E-state index < -0.39 is 0 Å². The van der Waals surface area contributed by atoms with Crippen molar-refractivity contribution in [1.29, 1.82) is 0 Å². The Morgan fingerprint density at radius 3 is 2.82 bits per heavy atom. The second-order valence-corrected chi connectivity index (χ2v) is 9.95. The first-order valence-corrected chi connectivity index (χ1v) is 11.8. The van der Waals surface area contributed by atoms with Crippen LogP contribution in [0.15, 0.2) is 30.6 Å². The summed E-state index contributed by atoms with van der Waals surface area (Å²) >= 11 is 6.75. The molecule has 6 rings (SSSR count). The van der Waals surface area contributed by atoms with E-state index in [0.29, 0.717) is 33.9 Å². The molecule has 2 fully saturated rings. The number of aromatic hydroxyl groups is 1. The molecular formula is C25H27ClN6O. The number of nitrogens with zero attached hydrogens (tertiary/aromatic N) is 6. The van der Waals surface area contributed by atoms with Crippen molar-refractivity contribution < 1.29 is 5.11 Å². The molecule has 0 aliphatic carbocycles. The first kappa shape index (κ1) is 20.7. The Morgan fingerprint density at radius 1 is 1.15 bits per heavy atom. The van der Waals surface area contributed by atoms with Crippen molar-refractivity contribution in [2.75, 3.05) is 31.6 Å². The molecule has 2 aliphatic rings. The lowest BCUT2D eigenvalue weighted by atomic mass is 9.93. The molecule has 0 radical (unpaired) electrons. The van der Waals surface area contributed by atoms with Gasteiger partial charge >= 0.3 is 0 Å². The Bertz CT molecular complexity index is 1400. The fourth-order valence-corrected chi connectivity index (χ4v) is 5.86. The molecule has 0 amide bonds. The van der Waals surface area contributed by atoms with Gasteiger partial charge in [-0.25, -0.2) is 9.97 Å². The second kappa shape index (κ2) is 7.57. The number of benzene rings is 1. The number of piperidine rings is 1. The number of anilines is 1. The highest BCUT2D eigenvalue weighted by Gasteiger charge is 2.37. The van der Waals surface area contributed by atoms with Crippen LogP contribution in [0.1, 0.15) is 18.4 Å². The number of aryl methyl sites for hydroxylation is 2. The van der Waals surface area contributed by atoms with E-state index >= 15 is 0 Å². The zero-order chi connectivity index (χ0) is 22.9. The van der Waals surface area contributed by atoms with Crippen LogP contribution in [0.25, 0.3) is 33.2 Å². The van der Waals surface area contributed by atoms with Crippen LogP contribution in [0.3, 0.4) is 0 Å². The molecule has 7 nitrogen and oxygen atoms in total. The van der Waals surface area contributed by atoms with Crippen LogP contribution in [-0.4, -0.2) is 62.5 Å². The molecule has 2 saturated heterocycles. The summed E-state index contributed by atoms with van der Waals surface area (Å²) in [5.41, 5.74) is 4.42. The molecule has 33 heavy (non-hydrogen) atoms. The van der Waals surface area contributed by atoms with E-state index in [1.807, 2.05) is 38.5 Å². The number of aromatic nitrogens is 4. The zero-order valence-electron chi connectivity index (χ0n) is 19.1. The lowest BCUT2D eigenvalue weighted by Crippen LogP contribution is -2.42. The lowest BCUT2D eigenvalue weighted by Gasteiger charge is -2.33. The molecule has 170 valence electrons. The summed E-state index contributed by atoms with van der Waals surface area (Å²) in [6.07, 6.45) is 6.41. The fourth-order valence-electron chi connectivity index (χ4n) is 5.62. The van der Waals surface area contributed by atoms with Gasteiger partial charge in [0.05, 0.1) is 28.1 Å². The van der Waals surface area contributed by atoms with Crippen LogP contribution in [0.5, 0.6) is 5.75 Å². The summed E-state index contributed by atoms with van der Waals surface area (Å²) < 4.78 is 1.75. The summed E-state index contributed by atoms with van der Waals surface area (Å²) in [5, 5.41) is 17.7. The van der Waals surface area contributed by atoms with Gasteiger partial charge in [-0.3, -0.25) is 4.68 Å². The van der Waals surface area contributed by atoms with Gasteiger partial charge in [-0.05, 0) is 57.5 Å². The van der Waals surface area contributed by atoms with Crippen LogP contribution in [0.2, 0.25) is 5.02 Å². The highest BCUT2D eigenvalue weighted by molar-refractivity contribution is 6.35. The minimum absolute atomic E-state index is 0.171. The SMILES string of the molecule is Cc1c(O)c(-c2cc(Cl)c3cc(N4C[C@@H]5CCCN(C)[C@@H]5C4)cnc3n2)cc2cn(C)nc12. The van der Waals surface area contributed by atoms with Gasteiger partial charge in [0, 0.05) is 54.3 Å². The highest BCUT2D eigenvalue weighted by atomic mass is 35.5. The number of likely N-dealkylation sites (N-methyl/N-ethyl adjacent to an activating group) is 1. The van der Waals surface area contributed by atoms with Crippen molar-refractivity contribution in [1.82, 2.24) is 24.6 Å². The van der Waals surface area contributed by atoms with Gasteiger partial charge < -0.3 is 14.9 Å². The molecule has 1 N–H and O–H groups in total. The largest absolute Gasteiger partial charge is 0.507 e. The van der Waals surface area contributed by atoms with Gasteiger partial charge in [0.1, 0.15) is 5.75 Å². The van der Waals surface area contributed by atoms with Crippen LogP contribution in [0, 0.1) is 12.8 Å². The van der Waals surface area contributed by atoms with Crippen LogP contribution >= 0.6 is 11.6 Å². The number of fused-ring (bicyclic) bond motifs is 3. The van der Waals surface area contributed by atoms with Crippen LogP contribution < -0.4 is 4.90 Å². The van der Waals surface area contributed by atoms with Gasteiger partial charge in [-0.1, -0.05) is 11.6 Å². The summed E-state index contributed by atoms with van der Waals surface area (Å²) in [6, 6.07) is 6.45. The molecule has 0 saturated carbocycles. The van der Waals surface area contributed by atoms with Gasteiger partial charge in [0.15, 0.2) is 5.65 Å². The summed E-state index contributed by atoms with van der Waals surface area (Å²) in [5.74, 6) is 0.883. The third-order valence-electron chi connectivity index (χ3n) is 7.42. The van der Waals surface area contributed by atoms with Crippen LogP contribution in [0.4, 0.5) is 5.69 Å². The molecule has 2 aliphatic heterocycles. The van der Waals surface area contributed by atoms with Crippen molar-refractivity contribution in [3.8, 4) is 17.0 Å². The Kier molecular flexibility index (Phi) is 4.74. The molecule has 0 spiro atoms. The van der Waals surface area contributed by atoms with Crippen molar-refractivity contribution in [2.24, 2.45) is 13.0 Å². The van der Waals surface area contributed by atoms with E-state index in [0.717, 1.165) is 40.6 Å². The zero-order valence-corrected chi connectivity index (χ0v) is 19.8.